The Hall–Kier alpha value is -2.30. The topological polar surface area (TPSA) is 67.2 Å². The fourth-order valence-corrected chi connectivity index (χ4v) is 1.42. The van der Waals surface area contributed by atoms with Crippen LogP contribution in [0.2, 0.25) is 0 Å². The second-order valence-corrected chi connectivity index (χ2v) is 3.83. The Morgan fingerprint density at radius 2 is 2.18 bits per heavy atom. The zero-order valence-electron chi connectivity index (χ0n) is 9.64. The number of benzene rings is 1. The standard InChI is InChI=1S/C12H13N3O2/c1-8-3-4-9(7-10(8)16)12(17)13-11-5-6-15(2)14-11/h3-7,16H,1-2H3,(H,13,14,17). The van der Waals surface area contributed by atoms with Crippen LogP contribution < -0.4 is 5.32 Å². The highest BCUT2D eigenvalue weighted by atomic mass is 16.3. The zero-order chi connectivity index (χ0) is 12.4. The van der Waals surface area contributed by atoms with Crippen LogP contribution in [0.15, 0.2) is 30.5 Å². The lowest BCUT2D eigenvalue weighted by atomic mass is 10.1. The van der Waals surface area contributed by atoms with Crippen molar-refractivity contribution in [3.8, 4) is 5.75 Å². The molecule has 0 saturated heterocycles. The van der Waals surface area contributed by atoms with Gasteiger partial charge in [0.25, 0.3) is 5.91 Å². The zero-order valence-corrected chi connectivity index (χ0v) is 9.64. The van der Waals surface area contributed by atoms with Crippen molar-refractivity contribution >= 4 is 11.7 Å². The van der Waals surface area contributed by atoms with Gasteiger partial charge in [0.2, 0.25) is 0 Å². The molecule has 0 fully saturated rings. The molecule has 0 aliphatic carbocycles. The number of hydrogen-bond donors (Lipinski definition) is 2. The van der Waals surface area contributed by atoms with Gasteiger partial charge in [-0.25, -0.2) is 0 Å². The lowest BCUT2D eigenvalue weighted by Gasteiger charge is -2.04. The van der Waals surface area contributed by atoms with E-state index >= 15 is 0 Å². The molecule has 88 valence electrons. The van der Waals surface area contributed by atoms with E-state index in [-0.39, 0.29) is 11.7 Å². The maximum absolute atomic E-state index is 11.8. The molecule has 17 heavy (non-hydrogen) atoms. The number of rotatable bonds is 2. The molecule has 1 heterocycles. The van der Waals surface area contributed by atoms with Gasteiger partial charge < -0.3 is 10.4 Å². The maximum Gasteiger partial charge on any atom is 0.256 e. The van der Waals surface area contributed by atoms with E-state index in [1.807, 2.05) is 0 Å². The molecule has 0 radical (unpaired) electrons. The highest BCUT2D eigenvalue weighted by molar-refractivity contribution is 6.04. The number of aromatic nitrogens is 2. The molecule has 0 atom stereocenters. The van der Waals surface area contributed by atoms with Crippen molar-refractivity contribution < 1.29 is 9.90 Å². The molecule has 2 N–H and O–H groups in total. The minimum Gasteiger partial charge on any atom is -0.508 e. The fraction of sp³-hybridized carbons (Fsp3) is 0.167. The van der Waals surface area contributed by atoms with E-state index < -0.39 is 0 Å². The molecule has 2 rings (SSSR count). The van der Waals surface area contributed by atoms with Gasteiger partial charge in [-0.1, -0.05) is 6.07 Å². The molecule has 1 aromatic carbocycles. The Balaban J connectivity index is 2.17. The minimum atomic E-state index is -0.293. The van der Waals surface area contributed by atoms with E-state index in [0.717, 1.165) is 5.56 Å². The van der Waals surface area contributed by atoms with E-state index in [9.17, 15) is 9.90 Å². The van der Waals surface area contributed by atoms with Crippen molar-refractivity contribution in [3.05, 3.63) is 41.6 Å². The molecule has 1 amide bonds. The average molecular weight is 231 g/mol. The van der Waals surface area contributed by atoms with Gasteiger partial charge in [0.1, 0.15) is 5.75 Å². The smallest absolute Gasteiger partial charge is 0.256 e. The van der Waals surface area contributed by atoms with Crippen LogP contribution in [0.5, 0.6) is 5.75 Å². The molecule has 0 bridgehead atoms. The maximum atomic E-state index is 11.8. The van der Waals surface area contributed by atoms with Crippen LogP contribution in [0.25, 0.3) is 0 Å². The van der Waals surface area contributed by atoms with Crippen LogP contribution in [0, 0.1) is 6.92 Å². The van der Waals surface area contributed by atoms with Crippen LogP contribution in [-0.4, -0.2) is 20.8 Å². The van der Waals surface area contributed by atoms with Crippen molar-refractivity contribution in [2.24, 2.45) is 7.05 Å². The number of aryl methyl sites for hydroxylation is 2. The lowest BCUT2D eigenvalue weighted by molar-refractivity contribution is 0.102. The molecule has 0 aliphatic heterocycles. The van der Waals surface area contributed by atoms with Gasteiger partial charge in [-0.15, -0.1) is 0 Å². The molecule has 2 aromatic rings. The van der Waals surface area contributed by atoms with Crippen molar-refractivity contribution in [2.75, 3.05) is 5.32 Å². The number of phenols is 1. The Labute approximate surface area is 98.7 Å². The summed E-state index contributed by atoms with van der Waals surface area (Å²) in [6.45, 7) is 1.77. The van der Waals surface area contributed by atoms with Crippen LogP contribution in [0.3, 0.4) is 0 Å². The van der Waals surface area contributed by atoms with Crippen LogP contribution >= 0.6 is 0 Å². The van der Waals surface area contributed by atoms with Gasteiger partial charge in [0, 0.05) is 24.9 Å². The summed E-state index contributed by atoms with van der Waals surface area (Å²) in [5.41, 5.74) is 1.14. The number of hydrogen-bond acceptors (Lipinski definition) is 3. The predicted molar refractivity (Wildman–Crippen MR) is 64.0 cm³/mol. The quantitative estimate of drug-likeness (QED) is 0.826. The number of amides is 1. The molecular weight excluding hydrogens is 218 g/mol. The normalized spacial score (nSPS) is 10.2. The average Bonchev–Trinajstić information content (AvgIpc) is 2.68. The Morgan fingerprint density at radius 3 is 2.76 bits per heavy atom. The first-order chi connectivity index (χ1) is 8.06. The fourth-order valence-electron chi connectivity index (χ4n) is 1.42. The molecular formula is C12H13N3O2. The van der Waals surface area contributed by atoms with Gasteiger partial charge in [-0.2, -0.15) is 5.10 Å². The third-order valence-electron chi connectivity index (χ3n) is 2.43. The van der Waals surface area contributed by atoms with Crippen molar-refractivity contribution in [3.63, 3.8) is 0 Å². The number of nitrogens with one attached hydrogen (secondary N) is 1. The van der Waals surface area contributed by atoms with Crippen molar-refractivity contribution in [1.82, 2.24) is 9.78 Å². The minimum absolute atomic E-state index is 0.110. The van der Waals surface area contributed by atoms with E-state index in [4.69, 9.17) is 0 Å². The summed E-state index contributed by atoms with van der Waals surface area (Å²) in [6.07, 6.45) is 1.74. The summed E-state index contributed by atoms with van der Waals surface area (Å²) < 4.78 is 1.60. The first-order valence-corrected chi connectivity index (χ1v) is 5.17. The van der Waals surface area contributed by atoms with Gasteiger partial charge in [0.15, 0.2) is 5.82 Å². The molecule has 0 aliphatic rings. The van der Waals surface area contributed by atoms with Crippen molar-refractivity contribution in [2.45, 2.75) is 6.92 Å². The summed E-state index contributed by atoms with van der Waals surface area (Å²) in [5, 5.41) is 16.2. The largest absolute Gasteiger partial charge is 0.508 e. The SMILES string of the molecule is Cc1ccc(C(=O)Nc2ccn(C)n2)cc1O. The molecule has 5 nitrogen and oxygen atoms in total. The summed E-state index contributed by atoms with van der Waals surface area (Å²) in [7, 11) is 1.77. The molecule has 1 aromatic heterocycles. The monoisotopic (exact) mass is 231 g/mol. The molecule has 5 heteroatoms. The van der Waals surface area contributed by atoms with E-state index in [1.54, 1.807) is 43.0 Å². The summed E-state index contributed by atoms with van der Waals surface area (Å²) in [6, 6.07) is 6.50. The first kappa shape index (κ1) is 11.2. The summed E-state index contributed by atoms with van der Waals surface area (Å²) in [5.74, 6) is 0.301. The number of carbonyl (C=O) groups is 1. The highest BCUT2D eigenvalue weighted by Crippen LogP contribution is 2.18. The third kappa shape index (κ3) is 2.44. The number of anilines is 1. The van der Waals surface area contributed by atoms with Gasteiger partial charge >= 0.3 is 0 Å². The highest BCUT2D eigenvalue weighted by Gasteiger charge is 2.09. The van der Waals surface area contributed by atoms with Gasteiger partial charge in [-0.3, -0.25) is 9.48 Å². The van der Waals surface area contributed by atoms with Crippen molar-refractivity contribution in [1.29, 1.82) is 0 Å². The summed E-state index contributed by atoms with van der Waals surface area (Å²) in [4.78, 5) is 11.8. The molecule has 0 unspecified atom stereocenters. The predicted octanol–water partition coefficient (Wildman–Crippen LogP) is 1.69. The van der Waals surface area contributed by atoms with Crippen LogP contribution in [0.1, 0.15) is 15.9 Å². The number of aromatic hydroxyl groups is 1. The Kier molecular flexibility index (Phi) is 2.82. The molecule has 0 spiro atoms. The van der Waals surface area contributed by atoms with E-state index in [2.05, 4.69) is 10.4 Å². The number of phenolic OH excluding ortho intramolecular Hbond substituents is 1. The second-order valence-electron chi connectivity index (χ2n) is 3.83. The number of carbonyl (C=O) groups excluding carboxylic acids is 1. The van der Waals surface area contributed by atoms with Gasteiger partial charge in [-0.05, 0) is 24.6 Å². The lowest BCUT2D eigenvalue weighted by Crippen LogP contribution is -2.12. The second kappa shape index (κ2) is 4.29. The molecule has 0 saturated carbocycles. The van der Waals surface area contributed by atoms with Gasteiger partial charge in [0.05, 0.1) is 0 Å². The number of nitrogens with zero attached hydrogens (tertiary/aromatic N) is 2. The Morgan fingerprint density at radius 1 is 1.41 bits per heavy atom. The Bertz CT molecular complexity index is 561. The summed E-state index contributed by atoms with van der Waals surface area (Å²) >= 11 is 0. The van der Waals surface area contributed by atoms with E-state index in [0.29, 0.717) is 11.4 Å². The van der Waals surface area contributed by atoms with Crippen LogP contribution in [-0.2, 0) is 7.05 Å². The third-order valence-corrected chi connectivity index (χ3v) is 2.43. The van der Waals surface area contributed by atoms with Crippen LogP contribution in [0.4, 0.5) is 5.82 Å². The van der Waals surface area contributed by atoms with E-state index in [1.165, 1.54) is 6.07 Å². The first-order valence-electron chi connectivity index (χ1n) is 5.17.